The standard InChI is InChI=1S/C18H25N3O5/c1-11-9-12(22)7-8-13(11)17(23)26-16-6-4-3-5-15(16)21-10-14(19-20-21)18(24)25-2/h10-11,13,15-16H,3-9H2,1-2H3/t11-,13-,15+,16+/m0/s1. The number of hydrogen-bond acceptors (Lipinski definition) is 7. The van der Waals surface area contributed by atoms with Crippen LogP contribution in [0.1, 0.15) is 68.4 Å². The highest BCUT2D eigenvalue weighted by Gasteiger charge is 2.37. The van der Waals surface area contributed by atoms with Gasteiger partial charge in [-0.2, -0.15) is 0 Å². The molecule has 0 N–H and O–H groups in total. The van der Waals surface area contributed by atoms with Crippen molar-refractivity contribution >= 4 is 17.7 Å². The average molecular weight is 363 g/mol. The van der Waals surface area contributed by atoms with E-state index in [4.69, 9.17) is 4.74 Å². The molecule has 0 saturated heterocycles. The van der Waals surface area contributed by atoms with E-state index in [0.717, 1.165) is 25.7 Å². The first kappa shape index (κ1) is 18.5. The van der Waals surface area contributed by atoms with Gasteiger partial charge in [0.1, 0.15) is 11.9 Å². The lowest BCUT2D eigenvalue weighted by atomic mass is 9.80. The fourth-order valence-corrected chi connectivity index (χ4v) is 3.95. The molecule has 0 bridgehead atoms. The Balaban J connectivity index is 1.69. The molecule has 26 heavy (non-hydrogen) atoms. The predicted molar refractivity (Wildman–Crippen MR) is 90.3 cm³/mol. The fraction of sp³-hybridized carbons (Fsp3) is 0.722. The number of carbonyl (C=O) groups is 3. The van der Waals surface area contributed by atoms with Gasteiger partial charge in [-0.3, -0.25) is 9.59 Å². The summed E-state index contributed by atoms with van der Waals surface area (Å²) in [6.07, 6.45) is 6.24. The van der Waals surface area contributed by atoms with E-state index in [9.17, 15) is 14.4 Å². The van der Waals surface area contributed by atoms with E-state index >= 15 is 0 Å². The molecule has 0 spiro atoms. The number of nitrogens with zero attached hydrogens (tertiary/aromatic N) is 3. The summed E-state index contributed by atoms with van der Waals surface area (Å²) in [4.78, 5) is 35.8. The maximum atomic E-state index is 12.7. The van der Waals surface area contributed by atoms with E-state index < -0.39 is 5.97 Å². The first-order valence-electron chi connectivity index (χ1n) is 9.22. The SMILES string of the molecule is COC(=O)c1cn([C@@H]2CCCC[C@H]2OC(=O)[C@H]2CCC(=O)C[C@@H]2C)nn1. The molecular weight excluding hydrogens is 338 g/mol. The topological polar surface area (TPSA) is 100 Å². The van der Waals surface area contributed by atoms with Crippen molar-refractivity contribution in [2.45, 2.75) is 64.0 Å². The molecule has 2 fully saturated rings. The normalized spacial score (nSPS) is 29.2. The molecule has 2 saturated carbocycles. The summed E-state index contributed by atoms with van der Waals surface area (Å²) in [6, 6.07) is -0.140. The highest BCUT2D eigenvalue weighted by Crippen LogP contribution is 2.34. The second-order valence-corrected chi connectivity index (χ2v) is 7.27. The second-order valence-electron chi connectivity index (χ2n) is 7.27. The van der Waals surface area contributed by atoms with Crippen LogP contribution in [0.3, 0.4) is 0 Å². The van der Waals surface area contributed by atoms with Crippen LogP contribution in [0.25, 0.3) is 0 Å². The third-order valence-corrected chi connectivity index (χ3v) is 5.45. The molecule has 8 heteroatoms. The summed E-state index contributed by atoms with van der Waals surface area (Å²) in [5, 5.41) is 7.88. The number of methoxy groups -OCH3 is 1. The zero-order valence-corrected chi connectivity index (χ0v) is 15.2. The number of aromatic nitrogens is 3. The Labute approximate surface area is 152 Å². The number of ether oxygens (including phenoxy) is 2. The zero-order chi connectivity index (χ0) is 18.7. The van der Waals surface area contributed by atoms with Crippen LogP contribution in [0.2, 0.25) is 0 Å². The van der Waals surface area contributed by atoms with Crippen molar-refractivity contribution in [2.75, 3.05) is 7.11 Å². The van der Waals surface area contributed by atoms with Crippen molar-refractivity contribution in [2.24, 2.45) is 11.8 Å². The van der Waals surface area contributed by atoms with E-state index in [1.54, 1.807) is 10.9 Å². The molecule has 0 radical (unpaired) electrons. The highest BCUT2D eigenvalue weighted by atomic mass is 16.5. The monoisotopic (exact) mass is 363 g/mol. The first-order chi connectivity index (χ1) is 12.5. The Hall–Kier alpha value is -2.25. The molecule has 1 aromatic heterocycles. The lowest BCUT2D eigenvalue weighted by molar-refractivity contribution is -0.161. The first-order valence-corrected chi connectivity index (χ1v) is 9.22. The van der Waals surface area contributed by atoms with E-state index in [2.05, 4.69) is 15.0 Å². The Morgan fingerprint density at radius 3 is 2.73 bits per heavy atom. The summed E-state index contributed by atoms with van der Waals surface area (Å²) in [5.74, 6) is -0.758. The lowest BCUT2D eigenvalue weighted by Crippen LogP contribution is -2.37. The number of ketones is 1. The van der Waals surface area contributed by atoms with Crippen LogP contribution < -0.4 is 0 Å². The smallest absolute Gasteiger partial charge is 0.360 e. The lowest BCUT2D eigenvalue weighted by Gasteiger charge is -2.33. The Kier molecular flexibility index (Phi) is 5.68. The van der Waals surface area contributed by atoms with Crippen LogP contribution in [0.4, 0.5) is 0 Å². The molecule has 2 aliphatic carbocycles. The molecule has 142 valence electrons. The second kappa shape index (κ2) is 7.97. The quantitative estimate of drug-likeness (QED) is 0.755. The van der Waals surface area contributed by atoms with Gasteiger partial charge in [-0.15, -0.1) is 5.10 Å². The molecule has 1 heterocycles. The Morgan fingerprint density at radius 2 is 2.00 bits per heavy atom. The molecule has 1 aromatic rings. The largest absolute Gasteiger partial charge is 0.464 e. The highest BCUT2D eigenvalue weighted by molar-refractivity contribution is 5.86. The predicted octanol–water partition coefficient (Wildman–Crippen LogP) is 2.10. The van der Waals surface area contributed by atoms with Crippen LogP contribution >= 0.6 is 0 Å². The third kappa shape index (κ3) is 3.94. The molecule has 2 aliphatic rings. The minimum Gasteiger partial charge on any atom is -0.464 e. The van der Waals surface area contributed by atoms with Crippen molar-refractivity contribution in [3.8, 4) is 0 Å². The van der Waals surface area contributed by atoms with E-state index in [1.807, 2.05) is 6.92 Å². The summed E-state index contributed by atoms with van der Waals surface area (Å²) in [5.41, 5.74) is 0.141. The van der Waals surface area contributed by atoms with E-state index in [1.165, 1.54) is 7.11 Å². The van der Waals surface area contributed by atoms with Gasteiger partial charge in [0, 0.05) is 12.8 Å². The van der Waals surface area contributed by atoms with Gasteiger partial charge in [-0.05, 0) is 31.6 Å². The van der Waals surface area contributed by atoms with Crippen LogP contribution in [-0.4, -0.2) is 45.9 Å². The molecule has 0 aliphatic heterocycles. The van der Waals surface area contributed by atoms with Crippen LogP contribution in [-0.2, 0) is 19.1 Å². The number of hydrogen-bond donors (Lipinski definition) is 0. The van der Waals surface area contributed by atoms with Gasteiger partial charge in [-0.25, -0.2) is 9.48 Å². The van der Waals surface area contributed by atoms with Crippen molar-refractivity contribution in [3.63, 3.8) is 0 Å². The third-order valence-electron chi connectivity index (χ3n) is 5.45. The minimum absolute atomic E-state index is 0.0167. The van der Waals surface area contributed by atoms with Gasteiger partial charge in [0.15, 0.2) is 5.69 Å². The number of Topliss-reactive ketones (excluding diaryl/α,β-unsaturated/α-hetero) is 1. The fourth-order valence-electron chi connectivity index (χ4n) is 3.95. The van der Waals surface area contributed by atoms with Gasteiger partial charge in [0.25, 0.3) is 0 Å². The van der Waals surface area contributed by atoms with Gasteiger partial charge in [0.05, 0.1) is 25.3 Å². The van der Waals surface area contributed by atoms with Gasteiger partial charge >= 0.3 is 11.9 Å². The maximum absolute atomic E-state index is 12.7. The Bertz CT molecular complexity index is 686. The van der Waals surface area contributed by atoms with Crippen LogP contribution in [0, 0.1) is 11.8 Å². The number of esters is 2. The molecule has 0 amide bonds. The van der Waals surface area contributed by atoms with Crippen molar-refractivity contribution in [1.29, 1.82) is 0 Å². The van der Waals surface area contributed by atoms with Crippen molar-refractivity contribution in [3.05, 3.63) is 11.9 Å². The van der Waals surface area contributed by atoms with E-state index in [-0.39, 0.29) is 41.4 Å². The van der Waals surface area contributed by atoms with Crippen molar-refractivity contribution in [1.82, 2.24) is 15.0 Å². The van der Waals surface area contributed by atoms with Crippen LogP contribution in [0.15, 0.2) is 6.20 Å². The zero-order valence-electron chi connectivity index (χ0n) is 15.2. The number of carbonyl (C=O) groups excluding carboxylic acids is 3. The molecule has 8 nitrogen and oxygen atoms in total. The molecule has 3 rings (SSSR count). The van der Waals surface area contributed by atoms with Gasteiger partial charge < -0.3 is 9.47 Å². The summed E-state index contributed by atoms with van der Waals surface area (Å²) < 4.78 is 12.1. The number of rotatable bonds is 4. The molecule has 0 aromatic carbocycles. The minimum atomic E-state index is -0.540. The van der Waals surface area contributed by atoms with Gasteiger partial charge in [0.2, 0.25) is 0 Å². The van der Waals surface area contributed by atoms with E-state index in [0.29, 0.717) is 19.3 Å². The summed E-state index contributed by atoms with van der Waals surface area (Å²) in [7, 11) is 1.29. The van der Waals surface area contributed by atoms with Crippen LogP contribution in [0.5, 0.6) is 0 Å². The molecule has 0 unspecified atom stereocenters. The molecule has 4 atom stereocenters. The molecular formula is C18H25N3O5. The summed E-state index contributed by atoms with van der Waals surface area (Å²) >= 11 is 0. The Morgan fingerprint density at radius 1 is 1.23 bits per heavy atom. The van der Waals surface area contributed by atoms with Gasteiger partial charge in [-0.1, -0.05) is 18.6 Å². The average Bonchev–Trinajstić information content (AvgIpc) is 3.11. The maximum Gasteiger partial charge on any atom is 0.360 e. The summed E-state index contributed by atoms with van der Waals surface area (Å²) in [6.45, 7) is 1.93. The van der Waals surface area contributed by atoms with Crippen molar-refractivity contribution < 1.29 is 23.9 Å².